The minimum Gasteiger partial charge on any atom is -0.360 e. The van der Waals surface area contributed by atoms with Crippen LogP contribution in [0, 0.1) is 0 Å². The summed E-state index contributed by atoms with van der Waals surface area (Å²) < 4.78 is 0. The van der Waals surface area contributed by atoms with Crippen LogP contribution >= 0.6 is 0 Å². The molecule has 0 bridgehead atoms. The zero-order valence-electron chi connectivity index (χ0n) is 13.9. The lowest BCUT2D eigenvalue weighted by Crippen LogP contribution is -2.32. The van der Waals surface area contributed by atoms with Gasteiger partial charge in [0.15, 0.2) is 0 Å². The fourth-order valence-electron chi connectivity index (χ4n) is 3.26. The highest BCUT2D eigenvalue weighted by Gasteiger charge is 2.27. The van der Waals surface area contributed by atoms with Crippen LogP contribution in [-0.4, -0.2) is 10.7 Å². The normalized spacial score (nSPS) is 15.3. The summed E-state index contributed by atoms with van der Waals surface area (Å²) in [5.74, 6) is 0.0987. The van der Waals surface area contributed by atoms with E-state index in [4.69, 9.17) is 0 Å². The zero-order chi connectivity index (χ0) is 17.1. The second-order valence-electron chi connectivity index (χ2n) is 6.27. The summed E-state index contributed by atoms with van der Waals surface area (Å²) in [6, 6.07) is 28.2. The molecule has 25 heavy (non-hydrogen) atoms. The molecular formula is C23H19NO. The second-order valence-corrected chi connectivity index (χ2v) is 6.27. The second kappa shape index (κ2) is 6.78. The molecule has 2 heteroatoms. The van der Waals surface area contributed by atoms with Crippen molar-refractivity contribution < 1.29 is 4.79 Å². The Kier molecular flexibility index (Phi) is 4.17. The first kappa shape index (κ1) is 15.4. The Hall–Kier alpha value is -3.13. The quantitative estimate of drug-likeness (QED) is 0.637. The maximum atomic E-state index is 13.1. The van der Waals surface area contributed by atoms with Crippen LogP contribution in [0.5, 0.6) is 0 Å². The minimum atomic E-state index is 0.0987. The van der Waals surface area contributed by atoms with Gasteiger partial charge in [0.25, 0.3) is 0 Å². The number of rotatable bonds is 3. The van der Waals surface area contributed by atoms with Crippen LogP contribution in [0.2, 0.25) is 0 Å². The standard InChI is InChI=1S/C23H19NO/c25-23-21-14-8-7-13-20(21)17-24(16-19-11-5-2-6-12-19)22(23)15-18-9-3-1-4-10-18/h1-15H,16-17H2/b22-15+. The highest BCUT2D eigenvalue weighted by Crippen LogP contribution is 2.28. The third-order valence-electron chi connectivity index (χ3n) is 4.52. The smallest absolute Gasteiger partial charge is 0.209 e. The topological polar surface area (TPSA) is 20.3 Å². The summed E-state index contributed by atoms with van der Waals surface area (Å²) in [6.07, 6.45) is 2.00. The Morgan fingerprint density at radius 3 is 2.20 bits per heavy atom. The molecule has 0 amide bonds. The van der Waals surface area contributed by atoms with Crippen molar-refractivity contribution in [3.63, 3.8) is 0 Å². The van der Waals surface area contributed by atoms with Gasteiger partial charge in [0.05, 0.1) is 5.70 Å². The number of Topliss-reactive ketones (excluding diaryl/α,β-unsaturated/α-hetero) is 1. The highest BCUT2D eigenvalue weighted by molar-refractivity contribution is 6.12. The van der Waals surface area contributed by atoms with Gasteiger partial charge in [-0.05, 0) is 22.8 Å². The first-order valence-corrected chi connectivity index (χ1v) is 8.49. The van der Waals surface area contributed by atoms with Crippen molar-refractivity contribution in [3.8, 4) is 0 Å². The van der Waals surface area contributed by atoms with Gasteiger partial charge in [0.2, 0.25) is 5.78 Å². The van der Waals surface area contributed by atoms with Crippen LogP contribution in [0.15, 0.2) is 90.6 Å². The zero-order valence-corrected chi connectivity index (χ0v) is 13.9. The number of ketones is 1. The highest BCUT2D eigenvalue weighted by atomic mass is 16.1. The van der Waals surface area contributed by atoms with Gasteiger partial charge in [-0.1, -0.05) is 84.9 Å². The Morgan fingerprint density at radius 2 is 1.44 bits per heavy atom. The van der Waals surface area contributed by atoms with Gasteiger partial charge in [0.1, 0.15) is 0 Å². The molecule has 3 aromatic rings. The van der Waals surface area contributed by atoms with E-state index in [1.165, 1.54) is 5.56 Å². The Morgan fingerprint density at radius 1 is 0.800 bits per heavy atom. The maximum absolute atomic E-state index is 13.1. The Bertz CT molecular complexity index is 913. The fourth-order valence-corrected chi connectivity index (χ4v) is 3.26. The largest absolute Gasteiger partial charge is 0.360 e. The lowest BCUT2D eigenvalue weighted by Gasteiger charge is -2.32. The SMILES string of the molecule is O=C1/C(=C\c2ccccc2)N(Cc2ccccc2)Cc2ccccc21. The number of hydrogen-bond acceptors (Lipinski definition) is 2. The Labute approximate surface area is 148 Å². The van der Waals surface area contributed by atoms with Gasteiger partial charge < -0.3 is 4.90 Å². The molecule has 4 rings (SSSR count). The van der Waals surface area contributed by atoms with Gasteiger partial charge in [-0.25, -0.2) is 0 Å². The number of benzene rings is 3. The average Bonchev–Trinajstić information content (AvgIpc) is 2.67. The van der Waals surface area contributed by atoms with Crippen LogP contribution in [-0.2, 0) is 13.1 Å². The molecule has 0 atom stereocenters. The molecule has 0 N–H and O–H groups in total. The van der Waals surface area contributed by atoms with Crippen molar-refractivity contribution in [2.45, 2.75) is 13.1 Å². The van der Waals surface area contributed by atoms with Gasteiger partial charge >= 0.3 is 0 Å². The van der Waals surface area contributed by atoms with E-state index in [1.807, 2.05) is 78.9 Å². The van der Waals surface area contributed by atoms with E-state index in [0.29, 0.717) is 0 Å². The number of carbonyl (C=O) groups excluding carboxylic acids is 1. The van der Waals surface area contributed by atoms with E-state index in [-0.39, 0.29) is 5.78 Å². The van der Waals surface area contributed by atoms with Crippen LogP contribution in [0.1, 0.15) is 27.0 Å². The van der Waals surface area contributed by atoms with Gasteiger partial charge in [-0.3, -0.25) is 4.79 Å². The summed E-state index contributed by atoms with van der Waals surface area (Å²) in [7, 11) is 0. The minimum absolute atomic E-state index is 0.0987. The molecule has 2 nitrogen and oxygen atoms in total. The van der Waals surface area contributed by atoms with Crippen LogP contribution in [0.25, 0.3) is 6.08 Å². The summed E-state index contributed by atoms with van der Waals surface area (Å²) in [6.45, 7) is 1.47. The first-order valence-electron chi connectivity index (χ1n) is 8.49. The predicted octanol–water partition coefficient (Wildman–Crippen LogP) is 4.93. The molecule has 1 aliphatic rings. The van der Waals surface area contributed by atoms with E-state index < -0.39 is 0 Å². The molecule has 0 spiro atoms. The van der Waals surface area contributed by atoms with E-state index in [0.717, 1.165) is 35.5 Å². The molecule has 0 radical (unpaired) electrons. The van der Waals surface area contributed by atoms with E-state index in [2.05, 4.69) is 17.0 Å². The van der Waals surface area contributed by atoms with Crippen molar-refractivity contribution in [1.29, 1.82) is 0 Å². The van der Waals surface area contributed by atoms with Crippen LogP contribution in [0.4, 0.5) is 0 Å². The molecule has 3 aromatic carbocycles. The molecule has 0 fully saturated rings. The lowest BCUT2D eigenvalue weighted by molar-refractivity contribution is 0.0970. The third-order valence-corrected chi connectivity index (χ3v) is 4.52. The number of nitrogens with zero attached hydrogens (tertiary/aromatic N) is 1. The molecule has 0 saturated carbocycles. The van der Waals surface area contributed by atoms with Crippen molar-refractivity contribution in [3.05, 3.63) is 113 Å². The number of fused-ring (bicyclic) bond motifs is 1. The monoisotopic (exact) mass is 325 g/mol. The number of allylic oxidation sites excluding steroid dienone is 1. The molecular weight excluding hydrogens is 306 g/mol. The lowest BCUT2D eigenvalue weighted by atomic mass is 9.94. The van der Waals surface area contributed by atoms with Crippen LogP contribution in [0.3, 0.4) is 0 Å². The summed E-state index contributed by atoms with van der Waals surface area (Å²) >= 11 is 0. The van der Waals surface area contributed by atoms with Crippen LogP contribution < -0.4 is 0 Å². The molecule has 0 saturated heterocycles. The predicted molar refractivity (Wildman–Crippen MR) is 101 cm³/mol. The van der Waals surface area contributed by atoms with Gasteiger partial charge in [-0.15, -0.1) is 0 Å². The van der Waals surface area contributed by atoms with E-state index in [9.17, 15) is 4.79 Å². The van der Waals surface area contributed by atoms with E-state index in [1.54, 1.807) is 0 Å². The van der Waals surface area contributed by atoms with Gasteiger partial charge in [0, 0.05) is 18.7 Å². The summed E-state index contributed by atoms with van der Waals surface area (Å²) in [4.78, 5) is 15.3. The molecule has 0 aliphatic carbocycles. The molecule has 0 unspecified atom stereocenters. The maximum Gasteiger partial charge on any atom is 0.209 e. The molecule has 1 heterocycles. The number of hydrogen-bond donors (Lipinski definition) is 0. The van der Waals surface area contributed by atoms with Gasteiger partial charge in [-0.2, -0.15) is 0 Å². The van der Waals surface area contributed by atoms with Crippen molar-refractivity contribution in [2.24, 2.45) is 0 Å². The first-order chi connectivity index (χ1) is 12.3. The van der Waals surface area contributed by atoms with Crippen molar-refractivity contribution in [1.82, 2.24) is 4.90 Å². The number of carbonyl (C=O) groups is 1. The van der Waals surface area contributed by atoms with Crippen molar-refractivity contribution in [2.75, 3.05) is 0 Å². The molecule has 0 aromatic heterocycles. The molecule has 122 valence electrons. The Balaban J connectivity index is 1.76. The average molecular weight is 325 g/mol. The van der Waals surface area contributed by atoms with E-state index >= 15 is 0 Å². The summed E-state index contributed by atoms with van der Waals surface area (Å²) in [5.41, 5.74) is 4.91. The fraction of sp³-hybridized carbons (Fsp3) is 0.0870. The third kappa shape index (κ3) is 3.24. The molecule has 1 aliphatic heterocycles. The summed E-state index contributed by atoms with van der Waals surface area (Å²) in [5, 5.41) is 0. The van der Waals surface area contributed by atoms with Crippen molar-refractivity contribution >= 4 is 11.9 Å².